The normalized spacial score (nSPS) is 15.9. The molecule has 1 heteroatoms. The monoisotopic (exact) mass is 92.0 g/mol. The fraction of sp³-hybridized carbons (Fsp3) is 0.167. The summed E-state index contributed by atoms with van der Waals surface area (Å²) < 4.78 is 0. The van der Waals surface area contributed by atoms with Crippen molar-refractivity contribution in [1.29, 1.82) is 0 Å². The van der Waals surface area contributed by atoms with Gasteiger partial charge in [-0.2, -0.15) is 0 Å². The molecule has 0 aliphatic carbocycles. The minimum Gasteiger partial charge on any atom is -0.0740 e. The maximum absolute atomic E-state index is 3.76. The van der Waals surface area contributed by atoms with Crippen molar-refractivity contribution >= 4 is 6.21 Å². The highest BCUT2D eigenvalue weighted by Gasteiger charge is 1.92. The van der Waals surface area contributed by atoms with Crippen LogP contribution in [0.4, 0.5) is 0 Å². The predicted octanol–water partition coefficient (Wildman–Crippen LogP) is 1.33. The molecule has 1 aliphatic rings. The third-order valence-corrected chi connectivity index (χ3v) is 0.748. The van der Waals surface area contributed by atoms with E-state index in [1.165, 1.54) is 0 Å². The summed E-state index contributed by atoms with van der Waals surface area (Å²) >= 11 is 0. The molecule has 0 atom stereocenters. The Balaban J connectivity index is 2.82. The van der Waals surface area contributed by atoms with Crippen molar-refractivity contribution in [3.05, 3.63) is 23.9 Å². The summed E-state index contributed by atoms with van der Waals surface area (Å²) in [6.45, 7) is 1.97. The maximum Gasteiger partial charge on any atom is 0.159 e. The zero-order chi connectivity index (χ0) is 5.11. The molecule has 0 saturated heterocycles. The molecule has 0 spiro atoms. The Morgan fingerprint density at radius 2 is 2.57 bits per heavy atom. The Labute approximate surface area is 43.1 Å². The molecule has 0 amide bonds. The molecule has 0 fully saturated rings. The maximum atomic E-state index is 3.76. The van der Waals surface area contributed by atoms with Crippen molar-refractivity contribution in [3.63, 3.8) is 0 Å². The third kappa shape index (κ3) is 0.951. The van der Waals surface area contributed by atoms with Crippen molar-refractivity contribution in [1.82, 2.24) is 0 Å². The van der Waals surface area contributed by atoms with E-state index in [1.54, 1.807) is 6.21 Å². The van der Waals surface area contributed by atoms with Gasteiger partial charge >= 0.3 is 0 Å². The van der Waals surface area contributed by atoms with Gasteiger partial charge in [0.25, 0.3) is 0 Å². The Bertz CT molecular complexity index is 140. The lowest BCUT2D eigenvalue weighted by molar-refractivity contribution is 1.37. The highest BCUT2D eigenvalue weighted by Crippen LogP contribution is 1.95. The third-order valence-electron chi connectivity index (χ3n) is 0.748. The second kappa shape index (κ2) is 1.67. The van der Waals surface area contributed by atoms with Crippen LogP contribution in [-0.2, 0) is 0 Å². The van der Waals surface area contributed by atoms with Crippen LogP contribution in [0.3, 0.4) is 0 Å². The lowest BCUT2D eigenvalue weighted by Crippen LogP contribution is -1.74. The van der Waals surface area contributed by atoms with E-state index in [1.807, 2.05) is 19.1 Å². The highest BCUT2D eigenvalue weighted by molar-refractivity contribution is 5.73. The number of allylic oxidation sites excluding steroid dienone is 3. The number of hydrogen-bond donors (Lipinski definition) is 0. The Hall–Kier alpha value is -0.940. The minimum absolute atomic E-state index is 1.09. The average Bonchev–Trinajstić information content (AvgIpc) is 1.69. The Morgan fingerprint density at radius 1 is 1.71 bits per heavy atom. The first-order valence-electron chi connectivity index (χ1n) is 2.19. The summed E-state index contributed by atoms with van der Waals surface area (Å²) in [5.41, 5.74) is 1.09. The van der Waals surface area contributed by atoms with Crippen LogP contribution in [0.1, 0.15) is 6.92 Å². The molecule has 0 radical (unpaired) electrons. The second-order valence-electron chi connectivity index (χ2n) is 1.43. The molecule has 0 unspecified atom stereocenters. The van der Waals surface area contributed by atoms with Gasteiger partial charge in [-0.15, -0.1) is 0 Å². The molecule has 1 nitrogen and oxygen atoms in total. The van der Waals surface area contributed by atoms with Gasteiger partial charge in [0.15, 0.2) is 6.20 Å². The van der Waals surface area contributed by atoms with Crippen LogP contribution in [0.2, 0.25) is 0 Å². The first-order chi connectivity index (χ1) is 3.39. The quantitative estimate of drug-likeness (QED) is 0.400. The molecule has 1 rings (SSSR count). The van der Waals surface area contributed by atoms with E-state index in [4.69, 9.17) is 0 Å². The molecule has 1 aliphatic heterocycles. The fourth-order valence-electron chi connectivity index (χ4n) is 0.407. The fourth-order valence-corrected chi connectivity index (χ4v) is 0.407. The van der Waals surface area contributed by atoms with Gasteiger partial charge in [-0.1, -0.05) is 4.99 Å². The zero-order valence-corrected chi connectivity index (χ0v) is 4.18. The highest BCUT2D eigenvalue weighted by atomic mass is 14.7. The second-order valence-corrected chi connectivity index (χ2v) is 1.43. The minimum atomic E-state index is 1.09. The summed E-state index contributed by atoms with van der Waals surface area (Å²) in [7, 11) is 0. The van der Waals surface area contributed by atoms with Crippen LogP contribution < -0.4 is 0 Å². The number of rotatable bonds is 0. The van der Waals surface area contributed by atoms with Gasteiger partial charge in [0.05, 0.1) is 12.2 Å². The molecule has 0 N–H and O–H groups in total. The van der Waals surface area contributed by atoms with Gasteiger partial charge < -0.3 is 0 Å². The first-order valence-corrected chi connectivity index (χ1v) is 2.19. The van der Waals surface area contributed by atoms with Crippen LogP contribution in [0.15, 0.2) is 22.7 Å². The first kappa shape index (κ1) is 4.23. The van der Waals surface area contributed by atoms with Crippen molar-refractivity contribution in [2.45, 2.75) is 6.92 Å². The van der Waals surface area contributed by atoms with Gasteiger partial charge in [-0.05, 0) is 6.92 Å². The molecule has 0 saturated carbocycles. The summed E-state index contributed by atoms with van der Waals surface area (Å²) in [5.74, 6) is 0. The number of nitrogens with zero attached hydrogens (tertiary/aromatic N) is 1. The van der Waals surface area contributed by atoms with Gasteiger partial charge in [0.1, 0.15) is 11.8 Å². The molecule has 0 aromatic rings. The van der Waals surface area contributed by atoms with Crippen molar-refractivity contribution in [2.24, 2.45) is 4.99 Å². The van der Waals surface area contributed by atoms with Crippen LogP contribution in [0.25, 0.3) is 0 Å². The van der Waals surface area contributed by atoms with Gasteiger partial charge in [0.2, 0.25) is 0 Å². The Kier molecular flexibility index (Phi) is 1.01. The summed E-state index contributed by atoms with van der Waals surface area (Å²) in [4.78, 5) is 3.76. The lowest BCUT2D eigenvalue weighted by atomic mass is 10.3. The molecule has 0 aromatic heterocycles. The van der Waals surface area contributed by atoms with Crippen LogP contribution in [0, 0.1) is 6.20 Å². The summed E-state index contributed by atoms with van der Waals surface area (Å²) in [6, 6.07) is 0. The molecular weight excluding hydrogens is 86.1 g/mol. The average molecular weight is 92.1 g/mol. The summed E-state index contributed by atoms with van der Waals surface area (Å²) in [5, 5.41) is 0. The molecule has 7 heavy (non-hydrogen) atoms. The van der Waals surface area contributed by atoms with Crippen molar-refractivity contribution in [2.75, 3.05) is 0 Å². The van der Waals surface area contributed by atoms with Crippen LogP contribution in [-0.4, -0.2) is 6.21 Å². The standard InChI is InChI=1S/C6H6N/c1-6-3-2-4-7-5-6/h2-4H,1H3/q+1. The Morgan fingerprint density at radius 3 is 2.86 bits per heavy atom. The van der Waals surface area contributed by atoms with Gasteiger partial charge in [0, 0.05) is 0 Å². The van der Waals surface area contributed by atoms with Gasteiger partial charge in [-0.25, -0.2) is 0 Å². The van der Waals surface area contributed by atoms with E-state index in [2.05, 4.69) is 11.2 Å². The smallest absolute Gasteiger partial charge is 0.0740 e. The molecule has 0 bridgehead atoms. The van der Waals surface area contributed by atoms with Crippen molar-refractivity contribution < 1.29 is 0 Å². The SMILES string of the molecule is CC1=[C+]N=CC=C1. The van der Waals surface area contributed by atoms with Crippen molar-refractivity contribution in [3.8, 4) is 0 Å². The van der Waals surface area contributed by atoms with E-state index >= 15 is 0 Å². The molecule has 34 valence electrons. The van der Waals surface area contributed by atoms with Crippen LogP contribution >= 0.6 is 0 Å². The summed E-state index contributed by atoms with van der Waals surface area (Å²) in [6.07, 6.45) is 8.36. The van der Waals surface area contributed by atoms with E-state index in [0.717, 1.165) is 5.57 Å². The molecule has 0 aromatic carbocycles. The van der Waals surface area contributed by atoms with E-state index in [0.29, 0.717) is 0 Å². The van der Waals surface area contributed by atoms with E-state index < -0.39 is 0 Å². The zero-order valence-electron chi connectivity index (χ0n) is 4.18. The topological polar surface area (TPSA) is 12.4 Å². The predicted molar refractivity (Wildman–Crippen MR) is 30.1 cm³/mol. The van der Waals surface area contributed by atoms with Gasteiger partial charge in [-0.3, -0.25) is 0 Å². The molecular formula is C6H6N+. The lowest BCUT2D eigenvalue weighted by Gasteiger charge is -1.75. The largest absolute Gasteiger partial charge is 0.159 e. The van der Waals surface area contributed by atoms with E-state index in [-0.39, 0.29) is 0 Å². The van der Waals surface area contributed by atoms with Crippen LogP contribution in [0.5, 0.6) is 0 Å². The molecule has 1 heterocycles. The number of hydrogen-bond acceptors (Lipinski definition) is 1. The van der Waals surface area contributed by atoms with E-state index in [9.17, 15) is 0 Å². The number of aliphatic imine (C=N–C) groups is 1.